The van der Waals surface area contributed by atoms with Gasteiger partial charge in [-0.25, -0.2) is 0 Å². The standard InChI is InChI=1S/C14H13F3N2O/c1-7-5-11(19-18-9(7)3)13-8(2)4-10(6-12(13)20)14(15,16)17/h4-6,20H,1-3H3. The third-order valence-electron chi connectivity index (χ3n) is 3.13. The summed E-state index contributed by atoms with van der Waals surface area (Å²) in [6, 6.07) is 3.39. The highest BCUT2D eigenvalue weighted by molar-refractivity contribution is 5.71. The summed E-state index contributed by atoms with van der Waals surface area (Å²) < 4.78 is 38.0. The molecule has 0 bridgehead atoms. The molecule has 0 radical (unpaired) electrons. The lowest BCUT2D eigenvalue weighted by molar-refractivity contribution is -0.137. The monoisotopic (exact) mass is 282 g/mol. The molecule has 0 atom stereocenters. The van der Waals surface area contributed by atoms with Crippen molar-refractivity contribution in [3.8, 4) is 17.0 Å². The lowest BCUT2D eigenvalue weighted by atomic mass is 9.99. The van der Waals surface area contributed by atoms with Gasteiger partial charge in [0.1, 0.15) is 5.75 Å². The summed E-state index contributed by atoms with van der Waals surface area (Å²) in [5.74, 6) is -0.449. The molecule has 0 amide bonds. The molecule has 0 unspecified atom stereocenters. The molecule has 1 aromatic carbocycles. The first-order valence-corrected chi connectivity index (χ1v) is 5.92. The second-order valence-corrected chi connectivity index (χ2v) is 4.68. The molecule has 2 rings (SSSR count). The van der Waals surface area contributed by atoms with Gasteiger partial charge in [-0.1, -0.05) is 0 Å². The molecule has 0 aliphatic heterocycles. The van der Waals surface area contributed by atoms with Gasteiger partial charge >= 0.3 is 6.18 Å². The first-order chi connectivity index (χ1) is 9.20. The van der Waals surface area contributed by atoms with Crippen LogP contribution < -0.4 is 0 Å². The smallest absolute Gasteiger partial charge is 0.416 e. The molecular formula is C14H13F3N2O. The van der Waals surface area contributed by atoms with Crippen molar-refractivity contribution in [2.75, 3.05) is 0 Å². The predicted molar refractivity (Wildman–Crippen MR) is 68.3 cm³/mol. The Morgan fingerprint density at radius 2 is 1.60 bits per heavy atom. The fourth-order valence-corrected chi connectivity index (χ4v) is 1.93. The highest BCUT2D eigenvalue weighted by Gasteiger charge is 2.32. The molecule has 2 aromatic rings. The minimum absolute atomic E-state index is 0.272. The van der Waals surface area contributed by atoms with E-state index in [4.69, 9.17) is 0 Å². The Bertz CT molecular complexity index is 643. The van der Waals surface area contributed by atoms with Crippen molar-refractivity contribution in [2.24, 2.45) is 0 Å². The zero-order valence-electron chi connectivity index (χ0n) is 11.2. The summed E-state index contributed by atoms with van der Waals surface area (Å²) in [6.45, 7) is 5.11. The number of halogens is 3. The van der Waals surface area contributed by atoms with Crippen molar-refractivity contribution in [2.45, 2.75) is 26.9 Å². The van der Waals surface area contributed by atoms with Crippen LogP contribution in [0.2, 0.25) is 0 Å². The summed E-state index contributed by atoms with van der Waals surface area (Å²) in [6.07, 6.45) is -4.49. The van der Waals surface area contributed by atoms with Gasteiger partial charge in [-0.3, -0.25) is 0 Å². The van der Waals surface area contributed by atoms with Crippen molar-refractivity contribution in [1.82, 2.24) is 10.2 Å². The topological polar surface area (TPSA) is 46.0 Å². The van der Waals surface area contributed by atoms with Crippen LogP contribution in [0.25, 0.3) is 11.3 Å². The lowest BCUT2D eigenvalue weighted by Crippen LogP contribution is -2.06. The molecule has 1 aromatic heterocycles. The van der Waals surface area contributed by atoms with Crippen LogP contribution in [0.4, 0.5) is 13.2 Å². The normalized spacial score (nSPS) is 11.7. The second kappa shape index (κ2) is 4.77. The van der Waals surface area contributed by atoms with Crippen molar-refractivity contribution in [3.63, 3.8) is 0 Å². The van der Waals surface area contributed by atoms with E-state index in [-0.39, 0.29) is 5.56 Å². The van der Waals surface area contributed by atoms with Gasteiger partial charge in [0.2, 0.25) is 0 Å². The largest absolute Gasteiger partial charge is 0.507 e. The van der Waals surface area contributed by atoms with Crippen LogP contribution in [0.1, 0.15) is 22.4 Å². The highest BCUT2D eigenvalue weighted by Crippen LogP contribution is 2.38. The number of benzene rings is 1. The van der Waals surface area contributed by atoms with E-state index in [1.165, 1.54) is 6.92 Å². The molecule has 0 saturated carbocycles. The molecule has 0 aliphatic rings. The van der Waals surface area contributed by atoms with Gasteiger partial charge in [0.15, 0.2) is 0 Å². The zero-order valence-corrected chi connectivity index (χ0v) is 11.2. The lowest BCUT2D eigenvalue weighted by Gasteiger charge is -2.13. The zero-order chi connectivity index (χ0) is 15.1. The Labute approximate surface area is 114 Å². The molecule has 0 aliphatic carbocycles. The Hall–Kier alpha value is -2.11. The number of nitrogens with zero attached hydrogens (tertiary/aromatic N) is 2. The highest BCUT2D eigenvalue weighted by atomic mass is 19.4. The molecule has 0 fully saturated rings. The quantitative estimate of drug-likeness (QED) is 0.865. The number of hydrogen-bond acceptors (Lipinski definition) is 3. The van der Waals surface area contributed by atoms with Gasteiger partial charge in [-0.05, 0) is 50.1 Å². The first kappa shape index (κ1) is 14.3. The van der Waals surface area contributed by atoms with Gasteiger partial charge in [0.05, 0.1) is 17.0 Å². The maximum absolute atomic E-state index is 12.7. The van der Waals surface area contributed by atoms with Crippen molar-refractivity contribution < 1.29 is 18.3 Å². The SMILES string of the molecule is Cc1cc(-c2c(C)cc(C(F)(F)F)cc2O)nnc1C. The Morgan fingerprint density at radius 3 is 2.10 bits per heavy atom. The van der Waals surface area contributed by atoms with Gasteiger partial charge in [0.25, 0.3) is 0 Å². The number of aryl methyl sites for hydroxylation is 3. The molecule has 1 N–H and O–H groups in total. The third kappa shape index (κ3) is 2.59. The number of alkyl halides is 3. The molecule has 6 heteroatoms. The van der Waals surface area contributed by atoms with Crippen molar-refractivity contribution in [1.29, 1.82) is 0 Å². The summed E-state index contributed by atoms with van der Waals surface area (Å²) in [7, 11) is 0. The fraction of sp³-hybridized carbons (Fsp3) is 0.286. The molecule has 0 saturated heterocycles. The van der Waals surface area contributed by atoms with E-state index < -0.39 is 17.5 Å². The maximum atomic E-state index is 12.7. The molecule has 20 heavy (non-hydrogen) atoms. The summed E-state index contributed by atoms with van der Waals surface area (Å²) in [5, 5.41) is 17.7. The minimum Gasteiger partial charge on any atom is -0.507 e. The second-order valence-electron chi connectivity index (χ2n) is 4.68. The summed E-state index contributed by atoms with van der Waals surface area (Å²) in [5.41, 5.74) is 1.64. The molecule has 0 spiro atoms. The molecule has 1 heterocycles. The Kier molecular flexibility index (Phi) is 3.41. The summed E-state index contributed by atoms with van der Waals surface area (Å²) in [4.78, 5) is 0. The van der Waals surface area contributed by atoms with Crippen LogP contribution >= 0.6 is 0 Å². The molecule has 106 valence electrons. The van der Waals surface area contributed by atoms with Gasteiger partial charge in [0, 0.05) is 5.56 Å². The number of aromatic nitrogens is 2. The average Bonchev–Trinajstić information content (AvgIpc) is 2.31. The van der Waals surface area contributed by atoms with Crippen LogP contribution in [-0.2, 0) is 6.18 Å². The summed E-state index contributed by atoms with van der Waals surface area (Å²) >= 11 is 0. The van der Waals surface area contributed by atoms with E-state index in [0.717, 1.165) is 17.3 Å². The van der Waals surface area contributed by atoms with E-state index in [1.54, 1.807) is 13.0 Å². The van der Waals surface area contributed by atoms with Crippen LogP contribution in [0.15, 0.2) is 18.2 Å². The van der Waals surface area contributed by atoms with Crippen molar-refractivity contribution >= 4 is 0 Å². The number of aromatic hydroxyl groups is 1. The minimum atomic E-state index is -4.49. The van der Waals surface area contributed by atoms with Crippen LogP contribution in [0, 0.1) is 20.8 Å². The van der Waals surface area contributed by atoms with Crippen LogP contribution in [0.5, 0.6) is 5.75 Å². The third-order valence-corrected chi connectivity index (χ3v) is 3.13. The molecule has 3 nitrogen and oxygen atoms in total. The number of hydrogen-bond donors (Lipinski definition) is 1. The van der Waals surface area contributed by atoms with E-state index in [0.29, 0.717) is 17.3 Å². The van der Waals surface area contributed by atoms with E-state index >= 15 is 0 Å². The predicted octanol–water partition coefficient (Wildman–Crippen LogP) is 3.79. The number of phenols is 1. The van der Waals surface area contributed by atoms with Crippen LogP contribution in [0.3, 0.4) is 0 Å². The molecular weight excluding hydrogens is 269 g/mol. The van der Waals surface area contributed by atoms with E-state index in [1.807, 2.05) is 6.92 Å². The first-order valence-electron chi connectivity index (χ1n) is 5.92. The van der Waals surface area contributed by atoms with Gasteiger partial charge in [-0.2, -0.15) is 23.4 Å². The van der Waals surface area contributed by atoms with Crippen molar-refractivity contribution in [3.05, 3.63) is 40.6 Å². The number of rotatable bonds is 1. The fourth-order valence-electron chi connectivity index (χ4n) is 1.93. The number of phenolic OH excluding ortho intramolecular Hbond substituents is 1. The van der Waals surface area contributed by atoms with Gasteiger partial charge < -0.3 is 5.11 Å². The Morgan fingerprint density at radius 1 is 0.950 bits per heavy atom. The van der Waals surface area contributed by atoms with E-state index in [2.05, 4.69) is 10.2 Å². The maximum Gasteiger partial charge on any atom is 0.416 e. The van der Waals surface area contributed by atoms with Gasteiger partial charge in [-0.15, -0.1) is 0 Å². The Balaban J connectivity index is 2.61. The van der Waals surface area contributed by atoms with Crippen LogP contribution in [-0.4, -0.2) is 15.3 Å². The average molecular weight is 282 g/mol. The van der Waals surface area contributed by atoms with E-state index in [9.17, 15) is 18.3 Å².